The second-order valence-corrected chi connectivity index (χ2v) is 4.21. The molecule has 0 aromatic heterocycles. The molecular weight excluding hydrogens is 136 g/mol. The molecule has 0 radical (unpaired) electrons. The zero-order valence-electron chi connectivity index (χ0n) is 8.22. The summed E-state index contributed by atoms with van der Waals surface area (Å²) < 4.78 is 0. The lowest BCUT2D eigenvalue weighted by Crippen LogP contribution is -2.22. The van der Waals surface area contributed by atoms with E-state index in [-0.39, 0.29) is 0 Å². The van der Waals surface area contributed by atoms with E-state index in [0.717, 1.165) is 5.92 Å². The first-order valence-electron chi connectivity index (χ1n) is 4.34. The summed E-state index contributed by atoms with van der Waals surface area (Å²) in [5.74, 6) is 0.736. The highest BCUT2D eigenvalue weighted by Gasteiger charge is 2.33. The largest absolute Gasteiger partial charge is 0.333 e. The Hall–Kier alpha value is -0.0800. The SMILES string of the molecule is CC1CC(C)(C)CC1N.CN. The van der Waals surface area contributed by atoms with E-state index in [1.165, 1.54) is 19.9 Å². The zero-order chi connectivity index (χ0) is 9.07. The lowest BCUT2D eigenvalue weighted by molar-refractivity contribution is 0.365. The first-order chi connectivity index (χ1) is 5.01. The van der Waals surface area contributed by atoms with Gasteiger partial charge in [-0.2, -0.15) is 0 Å². The third-order valence-corrected chi connectivity index (χ3v) is 2.39. The van der Waals surface area contributed by atoms with E-state index in [0.29, 0.717) is 11.5 Å². The maximum Gasteiger partial charge on any atom is 0.00698 e. The first-order valence-corrected chi connectivity index (χ1v) is 4.34. The Morgan fingerprint density at radius 1 is 1.18 bits per heavy atom. The quantitative estimate of drug-likeness (QED) is 0.559. The number of hydrogen-bond acceptors (Lipinski definition) is 2. The fourth-order valence-corrected chi connectivity index (χ4v) is 1.95. The van der Waals surface area contributed by atoms with Gasteiger partial charge in [-0.3, -0.25) is 0 Å². The van der Waals surface area contributed by atoms with Crippen LogP contribution in [0, 0.1) is 11.3 Å². The fourth-order valence-electron chi connectivity index (χ4n) is 1.95. The highest BCUT2D eigenvalue weighted by atomic mass is 14.7. The van der Waals surface area contributed by atoms with Gasteiger partial charge in [0.2, 0.25) is 0 Å². The predicted molar refractivity (Wildman–Crippen MR) is 50.3 cm³/mol. The topological polar surface area (TPSA) is 52.0 Å². The maximum atomic E-state index is 5.85. The molecule has 0 aromatic rings. The van der Waals surface area contributed by atoms with Crippen molar-refractivity contribution >= 4 is 0 Å². The van der Waals surface area contributed by atoms with Crippen LogP contribution in [0.5, 0.6) is 0 Å². The van der Waals surface area contributed by atoms with Gasteiger partial charge in [0, 0.05) is 6.04 Å². The smallest absolute Gasteiger partial charge is 0.00698 e. The van der Waals surface area contributed by atoms with Crippen LogP contribution in [0.15, 0.2) is 0 Å². The van der Waals surface area contributed by atoms with Crippen molar-refractivity contribution in [3.63, 3.8) is 0 Å². The van der Waals surface area contributed by atoms with E-state index >= 15 is 0 Å². The van der Waals surface area contributed by atoms with Crippen molar-refractivity contribution in [3.05, 3.63) is 0 Å². The summed E-state index contributed by atoms with van der Waals surface area (Å²) in [5, 5.41) is 0. The highest BCUT2D eigenvalue weighted by molar-refractivity contribution is 4.88. The lowest BCUT2D eigenvalue weighted by Gasteiger charge is -2.15. The number of hydrogen-bond donors (Lipinski definition) is 2. The van der Waals surface area contributed by atoms with Crippen LogP contribution < -0.4 is 11.5 Å². The van der Waals surface area contributed by atoms with Crippen molar-refractivity contribution < 1.29 is 0 Å². The number of nitrogens with two attached hydrogens (primary N) is 2. The molecule has 1 aliphatic carbocycles. The summed E-state index contributed by atoms with van der Waals surface area (Å²) in [6.07, 6.45) is 2.50. The molecule has 0 amide bonds. The third-order valence-electron chi connectivity index (χ3n) is 2.39. The Balaban J connectivity index is 0.000000461. The predicted octanol–water partition coefficient (Wildman–Crippen LogP) is 1.34. The second-order valence-electron chi connectivity index (χ2n) is 4.21. The molecular formula is C9H22N2. The fraction of sp³-hybridized carbons (Fsp3) is 1.00. The van der Waals surface area contributed by atoms with Gasteiger partial charge in [0.25, 0.3) is 0 Å². The van der Waals surface area contributed by atoms with Gasteiger partial charge < -0.3 is 11.5 Å². The van der Waals surface area contributed by atoms with Gasteiger partial charge >= 0.3 is 0 Å². The lowest BCUT2D eigenvalue weighted by atomic mass is 9.91. The average Bonchev–Trinajstić information content (AvgIpc) is 2.10. The van der Waals surface area contributed by atoms with E-state index in [9.17, 15) is 0 Å². The number of rotatable bonds is 0. The van der Waals surface area contributed by atoms with E-state index in [2.05, 4.69) is 26.5 Å². The Bertz CT molecular complexity index is 98.1. The normalized spacial score (nSPS) is 34.4. The van der Waals surface area contributed by atoms with Crippen molar-refractivity contribution in [2.75, 3.05) is 7.05 Å². The molecule has 1 saturated carbocycles. The molecule has 2 nitrogen and oxygen atoms in total. The van der Waals surface area contributed by atoms with E-state index < -0.39 is 0 Å². The molecule has 1 aliphatic rings. The summed E-state index contributed by atoms with van der Waals surface area (Å²) in [5.41, 5.74) is 10.9. The van der Waals surface area contributed by atoms with Crippen LogP contribution in [0.4, 0.5) is 0 Å². The zero-order valence-corrected chi connectivity index (χ0v) is 8.22. The highest BCUT2D eigenvalue weighted by Crippen LogP contribution is 2.39. The van der Waals surface area contributed by atoms with Gasteiger partial charge in [-0.05, 0) is 31.2 Å². The summed E-state index contributed by atoms with van der Waals surface area (Å²) >= 11 is 0. The van der Waals surface area contributed by atoms with Crippen LogP contribution in [0.1, 0.15) is 33.6 Å². The average molecular weight is 158 g/mol. The van der Waals surface area contributed by atoms with E-state index in [1.54, 1.807) is 0 Å². The Morgan fingerprint density at radius 2 is 1.64 bits per heavy atom. The minimum absolute atomic E-state index is 0.458. The van der Waals surface area contributed by atoms with Crippen molar-refractivity contribution in [3.8, 4) is 0 Å². The van der Waals surface area contributed by atoms with Gasteiger partial charge in [-0.1, -0.05) is 20.8 Å². The van der Waals surface area contributed by atoms with Gasteiger partial charge in [-0.15, -0.1) is 0 Å². The molecule has 11 heavy (non-hydrogen) atoms. The summed E-state index contributed by atoms with van der Waals surface area (Å²) in [4.78, 5) is 0. The van der Waals surface area contributed by atoms with E-state index in [1.807, 2.05) is 0 Å². The summed E-state index contributed by atoms with van der Waals surface area (Å²) in [6, 6.07) is 0.458. The molecule has 68 valence electrons. The molecule has 2 atom stereocenters. The molecule has 1 rings (SSSR count). The third kappa shape index (κ3) is 3.21. The monoisotopic (exact) mass is 158 g/mol. The van der Waals surface area contributed by atoms with E-state index in [4.69, 9.17) is 5.73 Å². The molecule has 0 heterocycles. The molecule has 0 aliphatic heterocycles. The molecule has 0 aromatic carbocycles. The molecule has 0 bridgehead atoms. The Labute approximate surface area is 70.3 Å². The Morgan fingerprint density at radius 3 is 1.73 bits per heavy atom. The van der Waals surface area contributed by atoms with Crippen LogP contribution in [-0.2, 0) is 0 Å². The molecule has 0 spiro atoms. The van der Waals surface area contributed by atoms with Crippen LogP contribution in [0.3, 0.4) is 0 Å². The van der Waals surface area contributed by atoms with Gasteiger partial charge in [-0.25, -0.2) is 0 Å². The first kappa shape index (κ1) is 10.9. The summed E-state index contributed by atoms with van der Waals surface area (Å²) in [6.45, 7) is 6.85. The molecule has 2 heteroatoms. The van der Waals surface area contributed by atoms with Crippen LogP contribution in [0.25, 0.3) is 0 Å². The second kappa shape index (κ2) is 4.07. The molecule has 0 saturated heterocycles. The summed E-state index contributed by atoms with van der Waals surface area (Å²) in [7, 11) is 1.50. The minimum atomic E-state index is 0.458. The van der Waals surface area contributed by atoms with Crippen LogP contribution >= 0.6 is 0 Å². The maximum absolute atomic E-state index is 5.85. The van der Waals surface area contributed by atoms with Crippen molar-refractivity contribution in [2.24, 2.45) is 22.8 Å². The van der Waals surface area contributed by atoms with Crippen molar-refractivity contribution in [1.29, 1.82) is 0 Å². The minimum Gasteiger partial charge on any atom is -0.333 e. The van der Waals surface area contributed by atoms with Crippen molar-refractivity contribution in [2.45, 2.75) is 39.7 Å². The molecule has 4 N–H and O–H groups in total. The van der Waals surface area contributed by atoms with Gasteiger partial charge in [0.15, 0.2) is 0 Å². The standard InChI is InChI=1S/C8H17N.CH5N/c1-6-4-8(2,3)5-7(6)9;1-2/h6-7H,4-5,9H2,1-3H3;2H2,1H3. The van der Waals surface area contributed by atoms with Gasteiger partial charge in [0.05, 0.1) is 0 Å². The van der Waals surface area contributed by atoms with Crippen molar-refractivity contribution in [1.82, 2.24) is 0 Å². The molecule has 1 fully saturated rings. The van der Waals surface area contributed by atoms with Crippen LogP contribution in [0.2, 0.25) is 0 Å². The molecule has 2 unspecified atom stereocenters. The Kier molecular flexibility index (Phi) is 4.04. The van der Waals surface area contributed by atoms with Gasteiger partial charge in [0.1, 0.15) is 0 Å². The van der Waals surface area contributed by atoms with Crippen LogP contribution in [-0.4, -0.2) is 13.1 Å².